The molecule has 0 saturated heterocycles. The number of hydrogen-bond acceptors (Lipinski definition) is 4. The molecule has 0 unspecified atom stereocenters. The second kappa shape index (κ2) is 10.1. The zero-order valence-corrected chi connectivity index (χ0v) is 19.3. The van der Waals surface area contributed by atoms with Gasteiger partial charge in [-0.2, -0.15) is 0 Å². The predicted octanol–water partition coefficient (Wildman–Crippen LogP) is 6.21. The summed E-state index contributed by atoms with van der Waals surface area (Å²) < 4.78 is 0. The largest absolute Gasteiger partial charge is 0.356 e. The molecule has 0 aliphatic rings. The van der Waals surface area contributed by atoms with E-state index < -0.39 is 0 Å². The highest BCUT2D eigenvalue weighted by molar-refractivity contribution is 7.80. The van der Waals surface area contributed by atoms with Crippen LogP contribution < -0.4 is 10.6 Å². The SMILES string of the molecule is C=C(Nc1cccc(C(=NC)c2ccc(S)cc2NC=NC)c1)c1ccc(C)c(C)c1. The lowest BCUT2D eigenvalue weighted by molar-refractivity contribution is 1.33. The van der Waals surface area contributed by atoms with Crippen molar-refractivity contribution in [2.24, 2.45) is 9.98 Å². The van der Waals surface area contributed by atoms with Gasteiger partial charge in [0, 0.05) is 47.2 Å². The fourth-order valence-corrected chi connectivity index (χ4v) is 3.52. The van der Waals surface area contributed by atoms with Gasteiger partial charge in [0.2, 0.25) is 0 Å². The second-order valence-electron chi connectivity index (χ2n) is 7.32. The zero-order valence-electron chi connectivity index (χ0n) is 18.4. The minimum absolute atomic E-state index is 0.858. The molecule has 3 rings (SSSR count). The average molecular weight is 429 g/mol. The van der Waals surface area contributed by atoms with Gasteiger partial charge in [-0.25, -0.2) is 0 Å². The molecule has 31 heavy (non-hydrogen) atoms. The molecule has 0 atom stereocenters. The maximum absolute atomic E-state index is 4.58. The molecule has 0 aromatic heterocycles. The molecular formula is C26H28N4S. The number of thiol groups is 1. The van der Waals surface area contributed by atoms with Gasteiger partial charge >= 0.3 is 0 Å². The summed E-state index contributed by atoms with van der Waals surface area (Å²) in [5, 5.41) is 6.65. The van der Waals surface area contributed by atoms with Crippen LogP contribution in [-0.2, 0) is 0 Å². The minimum Gasteiger partial charge on any atom is -0.356 e. The van der Waals surface area contributed by atoms with Gasteiger partial charge in [0.25, 0.3) is 0 Å². The van der Waals surface area contributed by atoms with Gasteiger partial charge in [0.1, 0.15) is 0 Å². The third kappa shape index (κ3) is 5.44. The molecule has 0 aliphatic heterocycles. The molecule has 158 valence electrons. The van der Waals surface area contributed by atoms with Crippen molar-refractivity contribution in [2.75, 3.05) is 24.7 Å². The quantitative estimate of drug-likeness (QED) is 0.238. The molecule has 0 fully saturated rings. The molecule has 0 bridgehead atoms. The van der Waals surface area contributed by atoms with Crippen molar-refractivity contribution in [1.82, 2.24) is 0 Å². The van der Waals surface area contributed by atoms with E-state index in [4.69, 9.17) is 0 Å². The predicted molar refractivity (Wildman–Crippen MR) is 138 cm³/mol. The lowest BCUT2D eigenvalue weighted by Gasteiger charge is -2.15. The Bertz CT molecular complexity index is 1160. The van der Waals surface area contributed by atoms with Crippen LogP contribution in [0.4, 0.5) is 11.4 Å². The Balaban J connectivity index is 1.91. The number of rotatable bonds is 7. The lowest BCUT2D eigenvalue weighted by atomic mass is 9.99. The first-order chi connectivity index (χ1) is 14.9. The third-order valence-electron chi connectivity index (χ3n) is 5.12. The first-order valence-electron chi connectivity index (χ1n) is 10.0. The van der Waals surface area contributed by atoms with Crippen LogP contribution in [0.5, 0.6) is 0 Å². The van der Waals surface area contributed by atoms with Crippen LogP contribution in [0.1, 0.15) is 27.8 Å². The number of nitrogens with zero attached hydrogens (tertiary/aromatic N) is 2. The lowest BCUT2D eigenvalue weighted by Crippen LogP contribution is -2.09. The van der Waals surface area contributed by atoms with Crippen molar-refractivity contribution >= 4 is 41.8 Å². The van der Waals surface area contributed by atoms with E-state index in [0.29, 0.717) is 0 Å². The molecule has 3 aromatic rings. The Labute approximate surface area is 190 Å². The molecule has 4 nitrogen and oxygen atoms in total. The van der Waals surface area contributed by atoms with Crippen LogP contribution in [0.2, 0.25) is 0 Å². The van der Waals surface area contributed by atoms with Crippen LogP contribution in [0, 0.1) is 13.8 Å². The summed E-state index contributed by atoms with van der Waals surface area (Å²) in [7, 11) is 3.53. The van der Waals surface area contributed by atoms with Gasteiger partial charge in [-0.1, -0.05) is 30.8 Å². The first kappa shape index (κ1) is 22.4. The Morgan fingerprint density at radius 2 is 1.74 bits per heavy atom. The summed E-state index contributed by atoms with van der Waals surface area (Å²) in [5.41, 5.74) is 9.16. The molecule has 0 heterocycles. The van der Waals surface area contributed by atoms with Crippen molar-refractivity contribution in [3.63, 3.8) is 0 Å². The number of anilines is 2. The highest BCUT2D eigenvalue weighted by Crippen LogP contribution is 2.26. The standard InChI is InChI=1S/C26H28N4S/c1-17-9-10-20(13-18(17)2)19(3)30-22-8-6-7-21(14-22)26(28-5)24-12-11-23(31)15-25(24)29-16-27-4/h6-16,30-31H,3H2,1-2,4-5H3,(H,27,29). The van der Waals surface area contributed by atoms with Gasteiger partial charge < -0.3 is 10.6 Å². The van der Waals surface area contributed by atoms with E-state index >= 15 is 0 Å². The van der Waals surface area contributed by atoms with Crippen LogP contribution in [0.15, 0.2) is 82.1 Å². The normalized spacial score (nSPS) is 11.6. The monoisotopic (exact) mass is 428 g/mol. The average Bonchev–Trinajstić information content (AvgIpc) is 2.76. The topological polar surface area (TPSA) is 48.8 Å². The van der Waals surface area contributed by atoms with Gasteiger partial charge in [0.05, 0.1) is 12.1 Å². The number of aliphatic imine (C=N–C) groups is 2. The molecular weight excluding hydrogens is 400 g/mol. The fraction of sp³-hybridized carbons (Fsp3) is 0.154. The molecule has 3 aromatic carbocycles. The Morgan fingerprint density at radius 3 is 2.45 bits per heavy atom. The van der Waals surface area contributed by atoms with Crippen LogP contribution >= 0.6 is 12.6 Å². The van der Waals surface area contributed by atoms with E-state index in [1.165, 1.54) is 11.1 Å². The summed E-state index contributed by atoms with van der Waals surface area (Å²) in [5.74, 6) is 0. The maximum atomic E-state index is 4.58. The van der Waals surface area contributed by atoms with E-state index in [9.17, 15) is 0 Å². The molecule has 0 spiro atoms. The molecule has 5 heteroatoms. The number of aryl methyl sites for hydroxylation is 2. The van der Waals surface area contributed by atoms with E-state index in [1.54, 1.807) is 20.4 Å². The summed E-state index contributed by atoms with van der Waals surface area (Å²) >= 11 is 4.47. The molecule has 0 amide bonds. The zero-order chi connectivity index (χ0) is 22.4. The van der Waals surface area contributed by atoms with Crippen molar-refractivity contribution < 1.29 is 0 Å². The molecule has 2 N–H and O–H groups in total. The van der Waals surface area contributed by atoms with E-state index in [0.717, 1.165) is 44.4 Å². The van der Waals surface area contributed by atoms with Crippen molar-refractivity contribution in [1.29, 1.82) is 0 Å². The maximum Gasteiger partial charge on any atom is 0.0864 e. The van der Waals surface area contributed by atoms with Crippen molar-refractivity contribution in [3.05, 3.63) is 95.1 Å². The third-order valence-corrected chi connectivity index (χ3v) is 5.40. The highest BCUT2D eigenvalue weighted by Gasteiger charge is 2.12. The fourth-order valence-electron chi connectivity index (χ4n) is 3.32. The van der Waals surface area contributed by atoms with E-state index in [1.807, 2.05) is 30.3 Å². The van der Waals surface area contributed by atoms with Crippen LogP contribution in [0.3, 0.4) is 0 Å². The molecule has 0 saturated carbocycles. The summed E-state index contributed by atoms with van der Waals surface area (Å²) in [6, 6.07) is 20.5. The van der Waals surface area contributed by atoms with Crippen LogP contribution in [-0.4, -0.2) is 26.1 Å². The van der Waals surface area contributed by atoms with Crippen molar-refractivity contribution in [2.45, 2.75) is 18.7 Å². The van der Waals surface area contributed by atoms with Gasteiger partial charge in [-0.15, -0.1) is 12.6 Å². The van der Waals surface area contributed by atoms with Gasteiger partial charge in [-0.3, -0.25) is 9.98 Å². The second-order valence-corrected chi connectivity index (χ2v) is 7.83. The molecule has 0 aliphatic carbocycles. The number of hydrogen-bond donors (Lipinski definition) is 3. The van der Waals surface area contributed by atoms with Gasteiger partial charge in [-0.05, 0) is 66.9 Å². The van der Waals surface area contributed by atoms with E-state index in [-0.39, 0.29) is 0 Å². The first-order valence-corrected chi connectivity index (χ1v) is 10.5. The van der Waals surface area contributed by atoms with Crippen LogP contribution in [0.25, 0.3) is 5.70 Å². The minimum atomic E-state index is 0.858. The van der Waals surface area contributed by atoms with Gasteiger partial charge in [0.15, 0.2) is 0 Å². The molecule has 0 radical (unpaired) electrons. The highest BCUT2D eigenvalue weighted by atomic mass is 32.1. The smallest absolute Gasteiger partial charge is 0.0864 e. The summed E-state index contributed by atoms with van der Waals surface area (Å²) in [4.78, 5) is 9.48. The number of benzene rings is 3. The Kier molecular flexibility index (Phi) is 7.32. The summed E-state index contributed by atoms with van der Waals surface area (Å²) in [6.07, 6.45) is 1.66. The van der Waals surface area contributed by atoms with Crippen molar-refractivity contribution in [3.8, 4) is 0 Å². The Hall–Kier alpha value is -3.31. The van der Waals surface area contributed by atoms with E-state index in [2.05, 4.69) is 84.0 Å². The summed E-state index contributed by atoms with van der Waals surface area (Å²) in [6.45, 7) is 8.45. The Morgan fingerprint density at radius 1 is 0.935 bits per heavy atom. The number of nitrogens with one attached hydrogen (secondary N) is 2.